The van der Waals surface area contributed by atoms with Crippen LogP contribution in [0.5, 0.6) is 0 Å². The molecule has 0 aromatic rings. The molecule has 3 rings (SSSR count). The molecule has 0 aromatic heterocycles. The second kappa shape index (κ2) is 4.01. The molecule has 3 aliphatic rings. The lowest BCUT2D eigenvalue weighted by Gasteiger charge is -2.36. The van der Waals surface area contributed by atoms with E-state index in [1.165, 1.54) is 51.4 Å². The van der Waals surface area contributed by atoms with E-state index in [1.807, 2.05) is 0 Å². The molecule has 1 N–H and O–H groups in total. The first-order valence-corrected chi connectivity index (χ1v) is 7.40. The summed E-state index contributed by atoms with van der Waals surface area (Å²) in [6.45, 7) is 4.87. The molecule has 0 heterocycles. The van der Waals surface area contributed by atoms with Crippen molar-refractivity contribution in [1.29, 1.82) is 0 Å². The minimum atomic E-state index is 0.618. The summed E-state index contributed by atoms with van der Waals surface area (Å²) >= 11 is 0. The third kappa shape index (κ3) is 2.61. The van der Waals surface area contributed by atoms with E-state index in [9.17, 15) is 0 Å². The van der Waals surface area contributed by atoms with Crippen LogP contribution in [-0.4, -0.2) is 12.1 Å². The van der Waals surface area contributed by atoms with Gasteiger partial charge in [0.05, 0.1) is 0 Å². The van der Waals surface area contributed by atoms with E-state index < -0.39 is 0 Å². The van der Waals surface area contributed by atoms with Crippen LogP contribution in [0.25, 0.3) is 0 Å². The Labute approximate surface area is 100 Å². The monoisotopic (exact) mass is 221 g/mol. The Balaban J connectivity index is 1.50. The Morgan fingerprint density at radius 1 is 0.875 bits per heavy atom. The molecule has 0 unspecified atom stereocenters. The highest BCUT2D eigenvalue weighted by atomic mass is 15.0. The molecule has 1 heteroatoms. The zero-order valence-electron chi connectivity index (χ0n) is 11.0. The standard InChI is InChI=1S/C15H27N/c1-15(2)9-7-13(8-10-15)16-14(11-3-4-11)12-5-6-12/h11-14,16H,3-10H2,1-2H3. The minimum Gasteiger partial charge on any atom is -0.311 e. The zero-order valence-corrected chi connectivity index (χ0v) is 11.0. The largest absolute Gasteiger partial charge is 0.311 e. The van der Waals surface area contributed by atoms with E-state index in [2.05, 4.69) is 19.2 Å². The SMILES string of the molecule is CC1(C)CCC(NC(C2CC2)C2CC2)CC1. The van der Waals surface area contributed by atoms with Gasteiger partial charge in [-0.2, -0.15) is 0 Å². The molecule has 0 saturated heterocycles. The molecular weight excluding hydrogens is 194 g/mol. The van der Waals surface area contributed by atoms with Gasteiger partial charge in [-0.25, -0.2) is 0 Å². The van der Waals surface area contributed by atoms with E-state index in [1.54, 1.807) is 0 Å². The summed E-state index contributed by atoms with van der Waals surface area (Å²) in [7, 11) is 0. The molecule has 0 atom stereocenters. The second-order valence-corrected chi connectivity index (χ2v) is 7.31. The molecule has 3 fully saturated rings. The third-order valence-electron chi connectivity index (χ3n) is 5.03. The summed E-state index contributed by atoms with van der Waals surface area (Å²) in [5, 5.41) is 4.02. The quantitative estimate of drug-likeness (QED) is 0.762. The van der Waals surface area contributed by atoms with Gasteiger partial charge in [0.2, 0.25) is 0 Å². The normalized spacial score (nSPS) is 30.9. The smallest absolute Gasteiger partial charge is 0.0126 e. The van der Waals surface area contributed by atoms with Gasteiger partial charge in [0.1, 0.15) is 0 Å². The Bertz CT molecular complexity index is 228. The highest BCUT2D eigenvalue weighted by Gasteiger charge is 2.42. The summed E-state index contributed by atoms with van der Waals surface area (Å²) in [4.78, 5) is 0. The van der Waals surface area contributed by atoms with Gasteiger partial charge in [0.25, 0.3) is 0 Å². The van der Waals surface area contributed by atoms with Crippen molar-refractivity contribution in [2.24, 2.45) is 17.3 Å². The molecule has 3 aliphatic carbocycles. The number of hydrogen-bond acceptors (Lipinski definition) is 1. The van der Waals surface area contributed by atoms with E-state index in [0.717, 1.165) is 23.9 Å². The molecule has 0 spiro atoms. The first kappa shape index (κ1) is 11.1. The van der Waals surface area contributed by atoms with Gasteiger partial charge in [-0.1, -0.05) is 13.8 Å². The molecule has 0 amide bonds. The van der Waals surface area contributed by atoms with Gasteiger partial charge in [-0.05, 0) is 68.6 Å². The maximum atomic E-state index is 4.02. The van der Waals surface area contributed by atoms with Gasteiger partial charge in [0.15, 0.2) is 0 Å². The molecule has 3 saturated carbocycles. The maximum absolute atomic E-state index is 4.02. The topological polar surface area (TPSA) is 12.0 Å². The summed E-state index contributed by atoms with van der Waals surface area (Å²) in [5.74, 6) is 2.12. The molecule has 0 radical (unpaired) electrons. The summed E-state index contributed by atoms with van der Waals surface area (Å²) in [6.07, 6.45) is 11.7. The lowest BCUT2D eigenvalue weighted by molar-refractivity contribution is 0.190. The van der Waals surface area contributed by atoms with Crippen molar-refractivity contribution in [1.82, 2.24) is 5.32 Å². The highest BCUT2D eigenvalue weighted by Crippen LogP contribution is 2.45. The van der Waals surface area contributed by atoms with Gasteiger partial charge in [0, 0.05) is 12.1 Å². The van der Waals surface area contributed by atoms with Crippen molar-refractivity contribution in [3.8, 4) is 0 Å². The van der Waals surface area contributed by atoms with E-state index >= 15 is 0 Å². The first-order chi connectivity index (χ1) is 7.64. The van der Waals surface area contributed by atoms with Crippen LogP contribution >= 0.6 is 0 Å². The van der Waals surface area contributed by atoms with Gasteiger partial charge in [-0.3, -0.25) is 0 Å². The minimum absolute atomic E-state index is 0.618. The Hall–Kier alpha value is -0.0400. The van der Waals surface area contributed by atoms with Gasteiger partial charge in [-0.15, -0.1) is 0 Å². The fourth-order valence-corrected chi connectivity index (χ4v) is 3.41. The molecule has 92 valence electrons. The van der Waals surface area contributed by atoms with Crippen molar-refractivity contribution in [2.75, 3.05) is 0 Å². The Kier molecular flexibility index (Phi) is 2.78. The number of hydrogen-bond donors (Lipinski definition) is 1. The van der Waals surface area contributed by atoms with Crippen LogP contribution in [0.4, 0.5) is 0 Å². The lowest BCUT2D eigenvalue weighted by Crippen LogP contribution is -2.43. The molecule has 0 aromatic carbocycles. The predicted molar refractivity (Wildman–Crippen MR) is 68.4 cm³/mol. The van der Waals surface area contributed by atoms with Crippen LogP contribution in [0.3, 0.4) is 0 Å². The van der Waals surface area contributed by atoms with Crippen LogP contribution in [-0.2, 0) is 0 Å². The average Bonchev–Trinajstić information content (AvgIpc) is 3.10. The predicted octanol–water partition coefficient (Wildman–Crippen LogP) is 3.73. The van der Waals surface area contributed by atoms with Crippen LogP contribution in [0.1, 0.15) is 65.2 Å². The van der Waals surface area contributed by atoms with Crippen molar-refractivity contribution in [3.63, 3.8) is 0 Å². The fourth-order valence-electron chi connectivity index (χ4n) is 3.41. The molecule has 1 nitrogen and oxygen atoms in total. The van der Waals surface area contributed by atoms with Crippen LogP contribution < -0.4 is 5.32 Å². The van der Waals surface area contributed by atoms with E-state index in [0.29, 0.717) is 5.41 Å². The summed E-state index contributed by atoms with van der Waals surface area (Å²) in [6, 6.07) is 1.76. The molecule has 0 aliphatic heterocycles. The second-order valence-electron chi connectivity index (χ2n) is 7.31. The van der Waals surface area contributed by atoms with E-state index in [4.69, 9.17) is 0 Å². The molecule has 16 heavy (non-hydrogen) atoms. The van der Waals surface area contributed by atoms with Crippen molar-refractivity contribution in [3.05, 3.63) is 0 Å². The Morgan fingerprint density at radius 3 is 1.81 bits per heavy atom. The van der Waals surface area contributed by atoms with Crippen LogP contribution in [0.15, 0.2) is 0 Å². The first-order valence-electron chi connectivity index (χ1n) is 7.40. The zero-order chi connectivity index (χ0) is 11.2. The third-order valence-corrected chi connectivity index (χ3v) is 5.03. The number of rotatable bonds is 4. The lowest BCUT2D eigenvalue weighted by atomic mass is 9.75. The highest BCUT2D eigenvalue weighted by molar-refractivity contribution is 4.98. The van der Waals surface area contributed by atoms with Crippen LogP contribution in [0, 0.1) is 17.3 Å². The van der Waals surface area contributed by atoms with Gasteiger partial charge >= 0.3 is 0 Å². The molecular formula is C15H27N. The number of nitrogens with one attached hydrogen (secondary N) is 1. The fraction of sp³-hybridized carbons (Fsp3) is 1.00. The van der Waals surface area contributed by atoms with Gasteiger partial charge < -0.3 is 5.32 Å². The van der Waals surface area contributed by atoms with Crippen LogP contribution in [0.2, 0.25) is 0 Å². The Morgan fingerprint density at radius 2 is 1.38 bits per heavy atom. The van der Waals surface area contributed by atoms with Crippen molar-refractivity contribution in [2.45, 2.75) is 77.3 Å². The summed E-state index contributed by atoms with van der Waals surface area (Å²) < 4.78 is 0. The average molecular weight is 221 g/mol. The maximum Gasteiger partial charge on any atom is 0.0126 e. The van der Waals surface area contributed by atoms with Crippen molar-refractivity contribution >= 4 is 0 Å². The van der Waals surface area contributed by atoms with E-state index in [-0.39, 0.29) is 0 Å². The van der Waals surface area contributed by atoms with Crippen molar-refractivity contribution < 1.29 is 0 Å². The molecule has 0 bridgehead atoms. The summed E-state index contributed by atoms with van der Waals surface area (Å²) in [5.41, 5.74) is 0.618.